The van der Waals surface area contributed by atoms with E-state index in [4.69, 9.17) is 4.74 Å². The molecule has 1 N–H and O–H groups in total. The van der Waals surface area contributed by atoms with Gasteiger partial charge in [-0.1, -0.05) is 44.2 Å². The summed E-state index contributed by atoms with van der Waals surface area (Å²) in [6, 6.07) is 10.6. The number of aliphatic hydroxyl groups excluding tert-OH is 1. The molecule has 0 heterocycles. The minimum atomic E-state index is -0.522. The summed E-state index contributed by atoms with van der Waals surface area (Å²) in [4.78, 5) is 0. The average Bonchev–Trinajstić information content (AvgIpc) is 2.50. The molecule has 0 unspecified atom stereocenters. The molecule has 0 saturated heterocycles. The Labute approximate surface area is 125 Å². The lowest BCUT2D eigenvalue weighted by atomic mass is 9.36. The molecule has 2 aliphatic carbocycles. The number of hydrogen-bond acceptors (Lipinski definition) is 3. The maximum absolute atomic E-state index is 10.0. The summed E-state index contributed by atoms with van der Waals surface area (Å²) >= 11 is 0. The largest absolute Gasteiger partial charge is 0.392 e. The highest BCUT2D eigenvalue weighted by atomic mass is 16.5. The van der Waals surface area contributed by atoms with Gasteiger partial charge in [0.15, 0.2) is 0 Å². The molecule has 0 radical (unpaired) electrons. The fourth-order valence-corrected chi connectivity index (χ4v) is 4.47. The number of aliphatic hydroxyl groups is 1. The number of nitriles is 1. The normalized spacial score (nSPS) is 32.2. The van der Waals surface area contributed by atoms with E-state index >= 15 is 0 Å². The van der Waals surface area contributed by atoms with Crippen molar-refractivity contribution in [3.63, 3.8) is 0 Å². The Morgan fingerprint density at radius 2 is 2.05 bits per heavy atom. The molecule has 0 spiro atoms. The summed E-state index contributed by atoms with van der Waals surface area (Å²) < 4.78 is 5.38. The van der Waals surface area contributed by atoms with Crippen LogP contribution in [-0.2, 0) is 10.2 Å². The molecule has 21 heavy (non-hydrogen) atoms. The Morgan fingerprint density at radius 3 is 2.67 bits per heavy atom. The molecule has 0 bridgehead atoms. The monoisotopic (exact) mass is 283 g/mol. The van der Waals surface area contributed by atoms with Crippen LogP contribution in [0.2, 0.25) is 0 Å². The third kappa shape index (κ3) is 1.55. The molecule has 110 valence electrons. The second-order valence-electron chi connectivity index (χ2n) is 6.62. The third-order valence-corrected chi connectivity index (χ3v) is 5.65. The summed E-state index contributed by atoms with van der Waals surface area (Å²) in [6.45, 7) is 4.96. The zero-order valence-electron chi connectivity index (χ0n) is 12.8. The number of fused-ring (bicyclic) bond motifs is 3. The van der Waals surface area contributed by atoms with Crippen LogP contribution in [0.3, 0.4) is 0 Å². The fourth-order valence-electron chi connectivity index (χ4n) is 4.47. The van der Waals surface area contributed by atoms with Gasteiger partial charge in [-0.15, -0.1) is 0 Å². The average molecular weight is 283 g/mol. The third-order valence-electron chi connectivity index (χ3n) is 5.65. The molecule has 1 aromatic carbocycles. The van der Waals surface area contributed by atoms with E-state index in [1.807, 2.05) is 24.3 Å². The van der Waals surface area contributed by atoms with E-state index in [1.54, 1.807) is 7.11 Å². The Hall–Kier alpha value is -1.63. The molecule has 1 aromatic rings. The van der Waals surface area contributed by atoms with Gasteiger partial charge in [0.1, 0.15) is 0 Å². The van der Waals surface area contributed by atoms with Gasteiger partial charge in [0.2, 0.25) is 0 Å². The SMILES string of the molecule is COC[C@H]1[C@@H]2C=C(CO)c3ccccc3[C@]2(C#N)C1(C)C. The van der Waals surface area contributed by atoms with Crippen LogP contribution in [0.4, 0.5) is 0 Å². The van der Waals surface area contributed by atoms with Crippen molar-refractivity contribution < 1.29 is 9.84 Å². The molecule has 1 fully saturated rings. The molecule has 3 heteroatoms. The summed E-state index contributed by atoms with van der Waals surface area (Å²) in [5.41, 5.74) is 2.32. The number of benzene rings is 1. The highest BCUT2D eigenvalue weighted by Crippen LogP contribution is 2.68. The Balaban J connectivity index is 2.22. The lowest BCUT2D eigenvalue weighted by molar-refractivity contribution is -0.105. The van der Waals surface area contributed by atoms with Gasteiger partial charge >= 0.3 is 0 Å². The standard InChI is InChI=1S/C18H21NO2/c1-17(2)16(10-21-3)15-8-12(9-20)13-6-4-5-7-14(13)18(15,17)11-19/h4-8,15-16,20H,9-10H2,1-3H3/t15-,16-,18-/m0/s1. The van der Waals surface area contributed by atoms with E-state index in [-0.39, 0.29) is 23.9 Å². The van der Waals surface area contributed by atoms with Crippen LogP contribution in [0.25, 0.3) is 5.57 Å². The van der Waals surface area contributed by atoms with E-state index < -0.39 is 5.41 Å². The molecule has 3 nitrogen and oxygen atoms in total. The maximum Gasteiger partial charge on any atom is 0.0948 e. The van der Waals surface area contributed by atoms with Crippen LogP contribution in [0.1, 0.15) is 25.0 Å². The van der Waals surface area contributed by atoms with Gasteiger partial charge in [0.25, 0.3) is 0 Å². The molecular formula is C18H21NO2. The van der Waals surface area contributed by atoms with Gasteiger partial charge in [0, 0.05) is 13.0 Å². The van der Waals surface area contributed by atoms with Gasteiger partial charge in [0.05, 0.1) is 24.7 Å². The fraction of sp³-hybridized carbons (Fsp3) is 0.500. The molecule has 1 saturated carbocycles. The maximum atomic E-state index is 10.0. The van der Waals surface area contributed by atoms with Crippen molar-refractivity contribution >= 4 is 5.57 Å². The highest BCUT2D eigenvalue weighted by molar-refractivity contribution is 5.76. The van der Waals surface area contributed by atoms with Crippen molar-refractivity contribution in [2.75, 3.05) is 20.3 Å². The van der Waals surface area contributed by atoms with E-state index in [9.17, 15) is 10.4 Å². The van der Waals surface area contributed by atoms with Crippen molar-refractivity contribution in [3.8, 4) is 6.07 Å². The van der Waals surface area contributed by atoms with E-state index in [0.29, 0.717) is 6.61 Å². The van der Waals surface area contributed by atoms with Crippen molar-refractivity contribution in [3.05, 3.63) is 41.5 Å². The minimum Gasteiger partial charge on any atom is -0.392 e. The van der Waals surface area contributed by atoms with Crippen LogP contribution >= 0.6 is 0 Å². The summed E-state index contributed by atoms with van der Waals surface area (Å²) in [7, 11) is 1.70. The first-order valence-corrected chi connectivity index (χ1v) is 7.36. The van der Waals surface area contributed by atoms with Crippen molar-refractivity contribution in [1.82, 2.24) is 0 Å². The van der Waals surface area contributed by atoms with E-state index in [0.717, 1.165) is 16.7 Å². The molecule has 0 aromatic heterocycles. The lowest BCUT2D eigenvalue weighted by Gasteiger charge is -2.65. The number of methoxy groups -OCH3 is 1. The first kappa shape index (κ1) is 14.3. The van der Waals surface area contributed by atoms with Gasteiger partial charge in [-0.2, -0.15) is 5.26 Å². The minimum absolute atomic E-state index is 0.00908. The number of rotatable bonds is 3. The zero-order valence-corrected chi connectivity index (χ0v) is 12.8. The molecule has 3 rings (SSSR count). The quantitative estimate of drug-likeness (QED) is 0.928. The predicted octanol–water partition coefficient (Wildman–Crippen LogP) is 2.76. The highest BCUT2D eigenvalue weighted by Gasteiger charge is 2.69. The Morgan fingerprint density at radius 1 is 1.33 bits per heavy atom. The van der Waals surface area contributed by atoms with Crippen LogP contribution in [-0.4, -0.2) is 25.4 Å². The van der Waals surface area contributed by atoms with Crippen LogP contribution in [0, 0.1) is 28.6 Å². The van der Waals surface area contributed by atoms with Crippen LogP contribution < -0.4 is 0 Å². The Bertz CT molecular complexity index is 641. The Kier molecular flexibility index (Phi) is 3.20. The number of hydrogen-bond donors (Lipinski definition) is 1. The van der Waals surface area contributed by atoms with Crippen molar-refractivity contribution in [1.29, 1.82) is 5.26 Å². The second kappa shape index (κ2) is 4.69. The van der Waals surface area contributed by atoms with Crippen LogP contribution in [0.15, 0.2) is 30.3 Å². The van der Waals surface area contributed by atoms with E-state index in [1.165, 1.54) is 0 Å². The van der Waals surface area contributed by atoms with Gasteiger partial charge in [-0.05, 0) is 28.0 Å². The summed E-state index contributed by atoms with van der Waals surface area (Å²) in [5.74, 6) is 0.395. The lowest BCUT2D eigenvalue weighted by Crippen LogP contribution is -2.66. The van der Waals surface area contributed by atoms with Gasteiger partial charge < -0.3 is 9.84 Å². The van der Waals surface area contributed by atoms with E-state index in [2.05, 4.69) is 26.0 Å². The molecule has 3 atom stereocenters. The van der Waals surface area contributed by atoms with Crippen molar-refractivity contribution in [2.45, 2.75) is 19.3 Å². The molecule has 0 amide bonds. The molecule has 2 aliphatic rings. The second-order valence-corrected chi connectivity index (χ2v) is 6.62. The van der Waals surface area contributed by atoms with Gasteiger partial charge in [-0.25, -0.2) is 0 Å². The number of allylic oxidation sites excluding steroid dienone is 1. The van der Waals surface area contributed by atoms with Gasteiger partial charge in [-0.3, -0.25) is 0 Å². The predicted molar refractivity (Wildman–Crippen MR) is 81.4 cm³/mol. The first-order valence-electron chi connectivity index (χ1n) is 7.36. The first-order chi connectivity index (χ1) is 10.0. The molecular weight excluding hydrogens is 262 g/mol. The number of ether oxygens (including phenoxy) is 1. The van der Waals surface area contributed by atoms with Crippen molar-refractivity contribution in [2.24, 2.45) is 17.3 Å². The summed E-state index contributed by atoms with van der Waals surface area (Å²) in [5, 5.41) is 19.7. The molecule has 0 aliphatic heterocycles. The summed E-state index contributed by atoms with van der Waals surface area (Å²) in [6.07, 6.45) is 2.10. The van der Waals surface area contributed by atoms with Crippen LogP contribution in [0.5, 0.6) is 0 Å². The zero-order chi connectivity index (χ0) is 15.3. The number of nitrogens with zero attached hydrogens (tertiary/aromatic N) is 1. The topological polar surface area (TPSA) is 53.2 Å². The smallest absolute Gasteiger partial charge is 0.0948 e.